The fourth-order valence-electron chi connectivity index (χ4n) is 2.30. The van der Waals surface area contributed by atoms with Crippen molar-refractivity contribution in [1.29, 1.82) is 0 Å². The van der Waals surface area contributed by atoms with Crippen molar-refractivity contribution < 1.29 is 30.7 Å². The van der Waals surface area contributed by atoms with E-state index in [-0.39, 0.29) is 12.2 Å². The van der Waals surface area contributed by atoms with Crippen LogP contribution in [-0.2, 0) is 0 Å². The van der Waals surface area contributed by atoms with Gasteiger partial charge in [0.25, 0.3) is 5.67 Å². The first-order valence-corrected chi connectivity index (χ1v) is 6.13. The monoisotopic (exact) mass is 362 g/mol. The molecule has 0 N–H and O–H groups in total. The van der Waals surface area contributed by atoms with Crippen molar-refractivity contribution >= 4 is 34.8 Å². The predicted molar refractivity (Wildman–Crippen MR) is 60.0 cm³/mol. The van der Waals surface area contributed by atoms with E-state index >= 15 is 0 Å². The average molecular weight is 363 g/mol. The van der Waals surface area contributed by atoms with Gasteiger partial charge in [-0.25, -0.2) is 13.2 Å². The van der Waals surface area contributed by atoms with Crippen molar-refractivity contribution in [2.75, 3.05) is 0 Å². The quantitative estimate of drug-likeness (QED) is 0.424. The van der Waals surface area contributed by atoms with Gasteiger partial charge in [0, 0.05) is 5.57 Å². The molecule has 0 aromatic heterocycles. The Morgan fingerprint density at radius 3 is 1.90 bits per heavy atom. The summed E-state index contributed by atoms with van der Waals surface area (Å²) in [6.45, 7) is 0. The number of hydrogen-bond acceptors (Lipinski definition) is 0. The number of allylic oxidation sites excluding steroid dienone is 4. The van der Waals surface area contributed by atoms with Crippen molar-refractivity contribution in [3.8, 4) is 0 Å². The molecule has 2 aliphatic carbocycles. The molecule has 0 heterocycles. The molecular weight excluding hydrogens is 359 g/mol. The molecule has 0 saturated heterocycles. The van der Waals surface area contributed by atoms with Crippen LogP contribution in [0.2, 0.25) is 0 Å². The smallest absolute Gasteiger partial charge is 0.239 e. The highest BCUT2D eigenvalue weighted by Crippen LogP contribution is 2.71. The van der Waals surface area contributed by atoms with Crippen LogP contribution in [0, 0.1) is 0 Å². The molecule has 2 rings (SSSR count). The SMILES string of the molecule is FC1C=CC=C2C1(F)C(F)(F)C(F)(F)C2(F)C(Cl)(Cl)Cl. The maximum absolute atomic E-state index is 14.5. The van der Waals surface area contributed by atoms with E-state index in [4.69, 9.17) is 34.8 Å². The van der Waals surface area contributed by atoms with Gasteiger partial charge in [-0.05, 0) is 6.08 Å². The third kappa shape index (κ3) is 1.42. The van der Waals surface area contributed by atoms with E-state index in [1.165, 1.54) is 0 Å². The van der Waals surface area contributed by atoms with Gasteiger partial charge in [0.2, 0.25) is 9.46 Å². The van der Waals surface area contributed by atoms with Crippen LogP contribution in [0.3, 0.4) is 0 Å². The summed E-state index contributed by atoms with van der Waals surface area (Å²) < 4.78 is 93.5. The van der Waals surface area contributed by atoms with E-state index in [9.17, 15) is 30.7 Å². The Morgan fingerprint density at radius 2 is 1.45 bits per heavy atom. The van der Waals surface area contributed by atoms with E-state index in [2.05, 4.69) is 0 Å². The fraction of sp³-hybridized carbons (Fsp3) is 0.600. The molecule has 114 valence electrons. The predicted octanol–water partition coefficient (Wildman–Crippen LogP) is 4.89. The van der Waals surface area contributed by atoms with Crippen molar-refractivity contribution in [2.45, 2.75) is 33.1 Å². The second-order valence-electron chi connectivity index (χ2n) is 4.38. The van der Waals surface area contributed by atoms with Crippen LogP contribution in [0.5, 0.6) is 0 Å². The largest absolute Gasteiger partial charge is 0.355 e. The molecule has 0 amide bonds. The van der Waals surface area contributed by atoms with Crippen LogP contribution in [0.4, 0.5) is 30.7 Å². The zero-order valence-corrected chi connectivity index (χ0v) is 11.4. The zero-order chi connectivity index (χ0) is 15.8. The molecular formula is C10H4Cl3F7. The molecule has 10 heteroatoms. The number of hydrogen-bond donors (Lipinski definition) is 0. The number of alkyl halides is 10. The van der Waals surface area contributed by atoms with Crippen LogP contribution in [-0.4, -0.2) is 33.1 Å². The minimum Gasteiger partial charge on any atom is -0.239 e. The van der Waals surface area contributed by atoms with Crippen molar-refractivity contribution in [1.82, 2.24) is 0 Å². The summed E-state index contributed by atoms with van der Waals surface area (Å²) in [6.07, 6.45) is -2.14. The highest BCUT2D eigenvalue weighted by atomic mass is 35.6. The van der Waals surface area contributed by atoms with Crippen molar-refractivity contribution in [2.24, 2.45) is 0 Å². The van der Waals surface area contributed by atoms with Gasteiger partial charge in [0.1, 0.15) is 0 Å². The second-order valence-corrected chi connectivity index (χ2v) is 6.67. The van der Waals surface area contributed by atoms with Gasteiger partial charge in [0.05, 0.1) is 0 Å². The molecule has 0 aromatic carbocycles. The zero-order valence-electron chi connectivity index (χ0n) is 9.09. The summed E-state index contributed by atoms with van der Waals surface area (Å²) in [4.78, 5) is 0. The third-order valence-electron chi connectivity index (χ3n) is 3.36. The van der Waals surface area contributed by atoms with Gasteiger partial charge in [0.15, 0.2) is 6.17 Å². The normalized spacial score (nSPS) is 42.3. The summed E-state index contributed by atoms with van der Waals surface area (Å²) in [5.41, 5.74) is -11.3. The number of rotatable bonds is 0. The standard InChI is InChI=1S/C10H4Cl3F7/c11-10(12,13)7(16)4-2-1-3-5(14)6(4,15)8(17,18)9(7,19)20/h1-3,5H. The summed E-state index contributed by atoms with van der Waals surface area (Å²) in [7, 11) is 0. The molecule has 0 nitrogen and oxygen atoms in total. The minimum absolute atomic E-state index is 0.229. The number of fused-ring (bicyclic) bond motifs is 1. The molecule has 3 atom stereocenters. The molecule has 0 radical (unpaired) electrons. The lowest BCUT2D eigenvalue weighted by Crippen LogP contribution is -2.58. The van der Waals surface area contributed by atoms with Crippen LogP contribution in [0.15, 0.2) is 23.8 Å². The summed E-state index contributed by atoms with van der Waals surface area (Å²) in [5, 5.41) is 0. The molecule has 0 aliphatic heterocycles. The van der Waals surface area contributed by atoms with Crippen molar-refractivity contribution in [3.05, 3.63) is 23.8 Å². The number of halogens is 10. The van der Waals surface area contributed by atoms with E-state index in [0.717, 1.165) is 0 Å². The first kappa shape index (κ1) is 16.2. The molecule has 20 heavy (non-hydrogen) atoms. The second kappa shape index (κ2) is 3.98. The van der Waals surface area contributed by atoms with Gasteiger partial charge in [-0.15, -0.1) is 0 Å². The third-order valence-corrected chi connectivity index (χ3v) is 4.14. The van der Waals surface area contributed by atoms with Gasteiger partial charge in [-0.3, -0.25) is 0 Å². The van der Waals surface area contributed by atoms with E-state index in [0.29, 0.717) is 6.08 Å². The van der Waals surface area contributed by atoms with Gasteiger partial charge < -0.3 is 0 Å². The van der Waals surface area contributed by atoms with Gasteiger partial charge in [-0.2, -0.15) is 17.6 Å². The molecule has 1 fully saturated rings. The van der Waals surface area contributed by atoms with E-state index in [1.54, 1.807) is 0 Å². The van der Waals surface area contributed by atoms with Crippen molar-refractivity contribution in [3.63, 3.8) is 0 Å². The van der Waals surface area contributed by atoms with Crippen LogP contribution in [0.25, 0.3) is 0 Å². The Morgan fingerprint density at radius 1 is 0.950 bits per heavy atom. The lowest BCUT2D eigenvalue weighted by molar-refractivity contribution is -0.268. The summed E-state index contributed by atoms with van der Waals surface area (Å²) in [5.74, 6) is -11.5. The first-order valence-electron chi connectivity index (χ1n) is 5.00. The Bertz CT molecular complexity index is 509. The summed E-state index contributed by atoms with van der Waals surface area (Å²) >= 11 is 15.0. The maximum Gasteiger partial charge on any atom is 0.355 e. The van der Waals surface area contributed by atoms with Gasteiger partial charge in [-0.1, -0.05) is 47.0 Å². The molecule has 0 bridgehead atoms. The Kier molecular flexibility index (Phi) is 3.23. The molecule has 1 saturated carbocycles. The van der Waals surface area contributed by atoms with Gasteiger partial charge >= 0.3 is 11.8 Å². The van der Waals surface area contributed by atoms with E-state index < -0.39 is 38.7 Å². The van der Waals surface area contributed by atoms with Crippen LogP contribution < -0.4 is 0 Å². The lowest BCUT2D eigenvalue weighted by Gasteiger charge is -2.34. The Hall–Kier alpha value is -0.140. The summed E-state index contributed by atoms with van der Waals surface area (Å²) in [6, 6.07) is 0. The average Bonchev–Trinajstić information content (AvgIpc) is 2.37. The topological polar surface area (TPSA) is 0 Å². The first-order chi connectivity index (χ1) is 8.76. The minimum atomic E-state index is -5.76. The molecule has 2 aliphatic rings. The molecule has 3 unspecified atom stereocenters. The highest BCUT2D eigenvalue weighted by molar-refractivity contribution is 6.68. The molecule has 0 spiro atoms. The Balaban J connectivity index is 2.86. The van der Waals surface area contributed by atoms with E-state index in [1.807, 2.05) is 0 Å². The Labute approximate surface area is 123 Å². The molecule has 0 aromatic rings. The van der Waals surface area contributed by atoms with Crippen LogP contribution >= 0.6 is 34.8 Å². The lowest BCUT2D eigenvalue weighted by atomic mass is 9.84. The van der Waals surface area contributed by atoms with Crippen LogP contribution in [0.1, 0.15) is 0 Å². The fourth-order valence-corrected chi connectivity index (χ4v) is 2.97. The maximum atomic E-state index is 14.5. The highest BCUT2D eigenvalue weighted by Gasteiger charge is 2.93.